The van der Waals surface area contributed by atoms with Crippen LogP contribution in [0.1, 0.15) is 29.8 Å². The quantitative estimate of drug-likeness (QED) is 0.666. The van der Waals surface area contributed by atoms with Crippen LogP contribution in [0, 0.1) is 5.41 Å². The third kappa shape index (κ3) is 5.95. The van der Waals surface area contributed by atoms with Gasteiger partial charge in [-0.25, -0.2) is 0 Å². The molecule has 2 rings (SSSR count). The Labute approximate surface area is 158 Å². The molecule has 2 aromatic rings. The number of rotatable bonds is 8. The van der Waals surface area contributed by atoms with Crippen molar-refractivity contribution < 1.29 is 19.5 Å². The Morgan fingerprint density at radius 2 is 1.52 bits per heavy atom. The molecule has 2 aromatic carbocycles. The van der Waals surface area contributed by atoms with Crippen LogP contribution in [0.5, 0.6) is 0 Å². The van der Waals surface area contributed by atoms with Gasteiger partial charge >= 0.3 is 5.97 Å². The van der Waals surface area contributed by atoms with Gasteiger partial charge in [-0.1, -0.05) is 48.5 Å². The van der Waals surface area contributed by atoms with Crippen LogP contribution in [-0.4, -0.2) is 35.5 Å². The molecule has 0 heterocycles. The molecule has 0 aliphatic rings. The summed E-state index contributed by atoms with van der Waals surface area (Å²) < 4.78 is 0. The van der Waals surface area contributed by atoms with E-state index in [0.717, 1.165) is 5.56 Å². The molecule has 0 aliphatic carbocycles. The van der Waals surface area contributed by atoms with Crippen molar-refractivity contribution in [3.05, 3.63) is 71.8 Å². The van der Waals surface area contributed by atoms with E-state index in [0.29, 0.717) is 12.0 Å². The molecule has 1 unspecified atom stereocenters. The molecule has 6 heteroatoms. The van der Waals surface area contributed by atoms with Gasteiger partial charge in [0.15, 0.2) is 0 Å². The van der Waals surface area contributed by atoms with Gasteiger partial charge in [-0.05, 0) is 31.5 Å². The normalized spacial score (nSPS) is 12.1. The number of carbonyl (C=O) groups is 3. The fourth-order valence-corrected chi connectivity index (χ4v) is 2.40. The van der Waals surface area contributed by atoms with Crippen LogP contribution in [0.15, 0.2) is 60.7 Å². The lowest BCUT2D eigenvalue weighted by molar-refractivity contribution is -0.146. The van der Waals surface area contributed by atoms with Crippen molar-refractivity contribution in [3.8, 4) is 0 Å². The van der Waals surface area contributed by atoms with Gasteiger partial charge in [-0.3, -0.25) is 14.4 Å². The first-order valence-corrected chi connectivity index (χ1v) is 8.70. The van der Waals surface area contributed by atoms with E-state index >= 15 is 0 Å². The van der Waals surface area contributed by atoms with Crippen LogP contribution in [0.25, 0.3) is 0 Å². The molecule has 3 N–H and O–H groups in total. The summed E-state index contributed by atoms with van der Waals surface area (Å²) in [5.41, 5.74) is 0.244. The molecule has 142 valence electrons. The molecule has 0 aliphatic heterocycles. The molecule has 0 saturated heterocycles. The van der Waals surface area contributed by atoms with E-state index in [4.69, 9.17) is 0 Å². The molecular weight excluding hydrogens is 344 g/mol. The molecule has 0 spiro atoms. The predicted octanol–water partition coefficient (Wildman–Crippen LogP) is 2.25. The highest BCUT2D eigenvalue weighted by atomic mass is 16.4. The number of carbonyl (C=O) groups excluding carboxylic acids is 2. The van der Waals surface area contributed by atoms with Gasteiger partial charge in [-0.2, -0.15) is 0 Å². The third-order valence-corrected chi connectivity index (χ3v) is 4.22. The summed E-state index contributed by atoms with van der Waals surface area (Å²) in [6.07, 6.45) is 0.304. The minimum Gasteiger partial charge on any atom is -0.481 e. The topological polar surface area (TPSA) is 95.5 Å². The van der Waals surface area contributed by atoms with Gasteiger partial charge in [0.05, 0.1) is 5.41 Å². The average molecular weight is 368 g/mol. The summed E-state index contributed by atoms with van der Waals surface area (Å²) in [6, 6.07) is 17.1. The highest BCUT2D eigenvalue weighted by molar-refractivity contribution is 5.97. The van der Waals surface area contributed by atoms with Crippen molar-refractivity contribution in [2.45, 2.75) is 26.3 Å². The lowest BCUT2D eigenvalue weighted by Crippen LogP contribution is -2.50. The first-order chi connectivity index (χ1) is 12.8. The van der Waals surface area contributed by atoms with Crippen molar-refractivity contribution in [2.24, 2.45) is 5.41 Å². The van der Waals surface area contributed by atoms with Crippen molar-refractivity contribution >= 4 is 17.8 Å². The zero-order chi connectivity index (χ0) is 19.9. The first-order valence-electron chi connectivity index (χ1n) is 8.70. The van der Waals surface area contributed by atoms with Crippen LogP contribution in [0.3, 0.4) is 0 Å². The second-order valence-corrected chi connectivity index (χ2v) is 6.99. The molecule has 0 fully saturated rings. The highest BCUT2D eigenvalue weighted by Crippen LogP contribution is 2.13. The number of carboxylic acids is 1. The second-order valence-electron chi connectivity index (χ2n) is 6.99. The van der Waals surface area contributed by atoms with E-state index in [2.05, 4.69) is 10.6 Å². The van der Waals surface area contributed by atoms with Crippen molar-refractivity contribution in [1.82, 2.24) is 10.6 Å². The van der Waals surface area contributed by atoms with Crippen LogP contribution in [0.4, 0.5) is 0 Å². The van der Waals surface area contributed by atoms with E-state index in [1.807, 2.05) is 30.3 Å². The maximum absolute atomic E-state index is 12.7. The number of aliphatic carboxylic acids is 1. The number of benzene rings is 2. The van der Waals surface area contributed by atoms with Crippen LogP contribution < -0.4 is 10.6 Å². The number of carboxylic acid groups (broad SMARTS) is 1. The highest BCUT2D eigenvalue weighted by Gasteiger charge is 2.29. The Bertz CT molecular complexity index is 788. The van der Waals surface area contributed by atoms with Gasteiger partial charge in [0.2, 0.25) is 5.91 Å². The van der Waals surface area contributed by atoms with Crippen molar-refractivity contribution in [2.75, 3.05) is 6.54 Å². The number of hydrogen-bond donors (Lipinski definition) is 3. The molecule has 27 heavy (non-hydrogen) atoms. The summed E-state index contributed by atoms with van der Waals surface area (Å²) in [6.45, 7) is 3.03. The Hall–Kier alpha value is -3.15. The fraction of sp³-hybridized carbons (Fsp3) is 0.286. The average Bonchev–Trinajstić information content (AvgIpc) is 2.67. The monoisotopic (exact) mass is 368 g/mol. The van der Waals surface area contributed by atoms with Gasteiger partial charge in [-0.15, -0.1) is 0 Å². The van der Waals surface area contributed by atoms with Crippen molar-refractivity contribution in [1.29, 1.82) is 0 Å². The number of amides is 2. The first kappa shape index (κ1) is 20.2. The third-order valence-electron chi connectivity index (χ3n) is 4.22. The Kier molecular flexibility index (Phi) is 6.71. The SMILES string of the molecule is CC(C)(CNC(=O)C(Cc1ccccc1)NC(=O)c1ccccc1)C(=O)O. The molecule has 0 radical (unpaired) electrons. The van der Waals surface area contributed by atoms with Crippen LogP contribution >= 0.6 is 0 Å². The van der Waals surface area contributed by atoms with Crippen LogP contribution in [0.2, 0.25) is 0 Å². The Morgan fingerprint density at radius 1 is 0.963 bits per heavy atom. The van der Waals surface area contributed by atoms with E-state index in [1.54, 1.807) is 30.3 Å². The number of hydrogen-bond acceptors (Lipinski definition) is 3. The minimum atomic E-state index is -1.10. The maximum Gasteiger partial charge on any atom is 0.310 e. The smallest absolute Gasteiger partial charge is 0.310 e. The number of nitrogens with one attached hydrogen (secondary N) is 2. The Morgan fingerprint density at radius 3 is 2.07 bits per heavy atom. The van der Waals surface area contributed by atoms with E-state index in [1.165, 1.54) is 13.8 Å². The molecule has 1 atom stereocenters. The standard InChI is InChI=1S/C21H24N2O4/c1-21(2,20(26)27)14-22-19(25)17(13-15-9-5-3-6-10-15)23-18(24)16-11-7-4-8-12-16/h3-12,17H,13-14H2,1-2H3,(H,22,25)(H,23,24)(H,26,27). The van der Waals surface area contributed by atoms with E-state index in [-0.39, 0.29) is 12.5 Å². The summed E-state index contributed by atoms with van der Waals surface area (Å²) in [5, 5.41) is 14.6. The van der Waals surface area contributed by atoms with Gasteiger partial charge < -0.3 is 15.7 Å². The second kappa shape index (κ2) is 8.98. The zero-order valence-corrected chi connectivity index (χ0v) is 15.4. The van der Waals surface area contributed by atoms with E-state index < -0.39 is 23.3 Å². The predicted molar refractivity (Wildman–Crippen MR) is 102 cm³/mol. The fourth-order valence-electron chi connectivity index (χ4n) is 2.40. The molecule has 2 amide bonds. The molecule has 0 bridgehead atoms. The largest absolute Gasteiger partial charge is 0.481 e. The lowest BCUT2D eigenvalue weighted by atomic mass is 9.93. The maximum atomic E-state index is 12.7. The molecule has 6 nitrogen and oxygen atoms in total. The van der Waals surface area contributed by atoms with E-state index in [9.17, 15) is 19.5 Å². The molecular formula is C21H24N2O4. The van der Waals surface area contributed by atoms with Gasteiger partial charge in [0.25, 0.3) is 5.91 Å². The zero-order valence-electron chi connectivity index (χ0n) is 15.4. The van der Waals surface area contributed by atoms with Crippen molar-refractivity contribution in [3.63, 3.8) is 0 Å². The summed E-state index contributed by atoms with van der Waals surface area (Å²) in [4.78, 5) is 36.4. The van der Waals surface area contributed by atoms with Crippen LogP contribution in [-0.2, 0) is 16.0 Å². The summed E-state index contributed by atoms with van der Waals surface area (Å²) >= 11 is 0. The van der Waals surface area contributed by atoms with Gasteiger partial charge in [0, 0.05) is 18.5 Å². The van der Waals surface area contributed by atoms with Gasteiger partial charge in [0.1, 0.15) is 6.04 Å². The summed E-state index contributed by atoms with van der Waals surface area (Å²) in [7, 11) is 0. The summed E-state index contributed by atoms with van der Waals surface area (Å²) in [5.74, 6) is -1.78. The Balaban J connectivity index is 2.12. The molecule has 0 aromatic heterocycles. The minimum absolute atomic E-state index is 0.0341. The lowest BCUT2D eigenvalue weighted by Gasteiger charge is -2.23. The molecule has 0 saturated carbocycles.